The minimum Gasteiger partial charge on any atom is -0.512 e. The van der Waals surface area contributed by atoms with E-state index in [-0.39, 0.29) is 40.4 Å². The number of fused-ring (bicyclic) bond motifs is 4. The number of hydrogen-bond acceptors (Lipinski definition) is 36. The fourth-order valence-corrected chi connectivity index (χ4v) is 17.4. The number of aromatic amines is 5. The number of anilines is 1. The first kappa shape index (κ1) is 103. The van der Waals surface area contributed by atoms with Crippen LogP contribution in [0.15, 0.2) is 312 Å². The molecular weight excluding hydrogens is 2020 g/mol. The Morgan fingerprint density at radius 3 is 1.27 bits per heavy atom. The van der Waals surface area contributed by atoms with Crippen molar-refractivity contribution in [1.29, 1.82) is 0 Å². The van der Waals surface area contributed by atoms with Crippen LogP contribution in [-0.2, 0) is 38.9 Å². The van der Waals surface area contributed by atoms with Gasteiger partial charge in [-0.05, 0) is 167 Å². The molecule has 17 aromatic heterocycles. The van der Waals surface area contributed by atoms with Crippen LogP contribution >= 0.6 is 82.2 Å². The minimum absolute atomic E-state index is 0.00596. The molecule has 0 saturated carbocycles. The number of H-pyrrole nitrogens is 5. The molecule has 0 fully saturated rings. The number of rotatable bonds is 31. The summed E-state index contributed by atoms with van der Waals surface area (Å²) in [4.78, 5) is 81.1. The highest BCUT2D eigenvalue weighted by atomic mass is 35.5. The van der Waals surface area contributed by atoms with Crippen LogP contribution in [0, 0.1) is 0 Å². The van der Waals surface area contributed by atoms with E-state index in [4.69, 9.17) is 58.8 Å². The second kappa shape index (κ2) is 47.8. The summed E-state index contributed by atoms with van der Waals surface area (Å²) in [5.41, 5.74) is 13.0. The molecule has 0 unspecified atom stereocenters. The molecule has 20 aromatic rings. The maximum absolute atomic E-state index is 12.5. The number of thioether (sulfide) groups is 6. The van der Waals surface area contributed by atoms with E-state index in [0.29, 0.717) is 171 Å². The zero-order chi connectivity index (χ0) is 102. The van der Waals surface area contributed by atoms with Gasteiger partial charge in [-0.1, -0.05) is 132 Å². The number of Topliss-reactive ketones (excluding diaryl/α,β-unsaturated/α-hetero) is 4. The number of aliphatic hydroxyl groups is 2. The number of hydrogen-bond donors (Lipinski definition) is 8. The number of aliphatic hydroxyl groups excluding tert-OH is 2. The van der Waals surface area contributed by atoms with Gasteiger partial charge in [-0.2, -0.15) is 43.2 Å². The average molecular weight is 2100 g/mol. The highest BCUT2D eigenvalue weighted by Gasteiger charge is 2.33. The summed E-state index contributed by atoms with van der Waals surface area (Å²) in [6, 6.07) is 59.9. The number of furan rings is 6. The summed E-state index contributed by atoms with van der Waals surface area (Å²) in [6.45, 7) is 13.6. The molecule has 1 aliphatic heterocycles. The Kier molecular flexibility index (Phi) is 33.7. The van der Waals surface area contributed by atoms with Gasteiger partial charge in [0.25, 0.3) is 0 Å². The van der Waals surface area contributed by atoms with Gasteiger partial charge >= 0.3 is 6.18 Å². The topological polar surface area (TPSA) is 517 Å². The third-order valence-electron chi connectivity index (χ3n) is 20.3. The number of pyridine rings is 4. The number of para-hydroxylation sites is 2. The molecule has 1 aliphatic rings. The lowest BCUT2D eigenvalue weighted by molar-refractivity contribution is -0.141. The predicted molar refractivity (Wildman–Crippen MR) is 554 cm³/mol. The quantitative estimate of drug-likeness (QED) is 0.0114. The van der Waals surface area contributed by atoms with Gasteiger partial charge in [-0.3, -0.25) is 49.7 Å². The Balaban J connectivity index is 0.000000126. The lowest BCUT2D eigenvalue weighted by Crippen LogP contribution is -2.07. The molecule has 3 aromatic carbocycles. The lowest BCUT2D eigenvalue weighted by Gasteiger charge is -2.05. The molecule has 0 spiro atoms. The van der Waals surface area contributed by atoms with E-state index >= 15 is 0 Å². The number of benzene rings is 3. The summed E-state index contributed by atoms with van der Waals surface area (Å²) in [5.74, 6) is 13.4. The van der Waals surface area contributed by atoms with Crippen molar-refractivity contribution >= 4 is 155 Å². The van der Waals surface area contributed by atoms with Crippen molar-refractivity contribution in [2.24, 2.45) is 17.3 Å². The van der Waals surface area contributed by atoms with Gasteiger partial charge in [0, 0.05) is 111 Å². The Labute approximate surface area is 857 Å². The summed E-state index contributed by atoms with van der Waals surface area (Å²) in [5, 5.41) is 68.1. The maximum atomic E-state index is 12.5. The third kappa shape index (κ3) is 27.2. The van der Waals surface area contributed by atoms with Crippen molar-refractivity contribution in [2.45, 2.75) is 72.6 Å². The van der Waals surface area contributed by atoms with Crippen LogP contribution in [0.4, 0.5) is 19.0 Å². The van der Waals surface area contributed by atoms with Gasteiger partial charge in [0.05, 0.1) is 59.7 Å². The Morgan fingerprint density at radius 1 is 0.438 bits per heavy atom. The second-order valence-electron chi connectivity index (χ2n) is 31.5. The predicted octanol–water partition coefficient (Wildman–Crippen LogP) is 22.6. The number of aromatic nitrogens is 21. The molecule has 0 saturated heterocycles. The van der Waals surface area contributed by atoms with Crippen molar-refractivity contribution in [1.82, 2.24) is 105 Å². The number of ether oxygens (including phenoxy) is 1. The van der Waals surface area contributed by atoms with Crippen molar-refractivity contribution in [3.05, 3.63) is 272 Å². The first-order valence-corrected chi connectivity index (χ1v) is 50.0. The molecule has 742 valence electrons. The largest absolute Gasteiger partial charge is 0.512 e. The third-order valence-corrected chi connectivity index (χ3v) is 26.4. The summed E-state index contributed by atoms with van der Waals surface area (Å²) in [7, 11) is 3.59. The highest BCUT2D eigenvalue weighted by Crippen LogP contribution is 2.39. The maximum Gasteiger partial charge on any atom is 0.433 e. The van der Waals surface area contributed by atoms with Crippen LogP contribution in [0.3, 0.4) is 0 Å². The van der Waals surface area contributed by atoms with Gasteiger partial charge in [0.15, 0.2) is 63.7 Å². The van der Waals surface area contributed by atoms with Crippen molar-refractivity contribution in [2.75, 3.05) is 47.4 Å². The van der Waals surface area contributed by atoms with Gasteiger partial charge in [-0.25, -0.2) is 15.0 Å². The number of aryl methyl sites for hydroxylation is 1. The molecule has 0 amide bonds. The number of nitrogens with two attached hydrogens (primary N) is 1. The van der Waals surface area contributed by atoms with Gasteiger partial charge < -0.3 is 56.3 Å². The van der Waals surface area contributed by atoms with Crippen LogP contribution in [0.2, 0.25) is 5.15 Å². The number of alkyl halides is 3. The van der Waals surface area contributed by atoms with E-state index in [2.05, 4.69) is 189 Å². The van der Waals surface area contributed by atoms with E-state index in [0.717, 1.165) is 73.5 Å². The van der Waals surface area contributed by atoms with E-state index in [9.17, 15) is 32.3 Å². The summed E-state index contributed by atoms with van der Waals surface area (Å²) in [6.07, 6.45) is 4.20. The number of carbonyl (C=O) groups excluding carboxylic acids is 4. The molecular formula is C99H84ClF3N24O13S6. The summed E-state index contributed by atoms with van der Waals surface area (Å²) < 4.78 is 82.0. The normalized spacial score (nSPS) is 11.6. The minimum atomic E-state index is -4.49. The van der Waals surface area contributed by atoms with Crippen molar-refractivity contribution in [3.8, 4) is 120 Å². The number of nitrogen functional groups attached to an aromatic ring is 1. The van der Waals surface area contributed by atoms with Crippen molar-refractivity contribution in [3.63, 3.8) is 0 Å². The standard InChI is InChI=1S/C23H19N3O2S.C18H16N4O2S.C15H11F3N4O2S.C15H14N4O3S.C14H11ClN4O2S.C14H13N5O2S/c1-15(27)14-29-23-12-19(24-25-23)22-11-10-16(28-22)13-26-20-8-4-2-6-17(20)18-7-3-5-9-21(18)26;1-11(23)10-25-18-19-17(20-21-18)16-7-6-15(24-16)13-4-3-5-14-12(13)8-9-22(14)2;1-8(23)7-25-14-20-13(21-22-14)11-4-3-10(24-11)9-2-5-12(19-6-9)15(16,17)18;1-9(20)8-23-15-17-14(18-19-15)12-5-4-11(22-12)10-3-6-13(21-2)16-7-10;1-8(20)7-22-14-17-13(18-19-14)11-4-3-10(21-11)9-2-5-12(15)16-6-9;1-8(20)7-22-14-17-13(18-19-14)11-3-2-10(21-11)9-4-5-16-12(15)6-9/h2-11H,12-14H2,1H3;3-9H,10H2,1-2H3,(H,19,20,21);2-6,23H,1,7H2,(H,20,21,22);3-7,20H,1,8H2,2H3,(H,17,18,19);2-6H,7H2,1H3,(H,17,18,19);2-6H,7H2,1H3,(H2,15,16)(H,17,18,19). The van der Waals surface area contributed by atoms with Crippen LogP contribution < -0.4 is 10.5 Å². The SMILES string of the molecule is C=C(O)CSc1n[nH]c(-c2ccc(-c3ccc(C(F)(F)F)nc3)o2)n1.C=C(O)CSc1n[nH]c(-c2ccc(-c3ccc(OC)nc3)o2)n1.CC(=O)CSC1=NN=C(c2ccc(Cn3c4ccccc4c4ccccc43)o2)C1.CC(=O)CSc1n[nH]c(-c2ccc(-c3ccc(Cl)nc3)o2)n1.CC(=O)CSc1n[nH]c(-c2ccc(-c3cccc4c3ccn4C)o2)n1.CC(=O)CSc1n[nH]c(-c2ccc(-c3ccnc(N)c3)o2)n1. The molecule has 21 rings (SSSR count). The first-order chi connectivity index (χ1) is 70.5. The smallest absolute Gasteiger partial charge is 0.433 e. The highest BCUT2D eigenvalue weighted by molar-refractivity contribution is 8.14. The zero-order valence-electron chi connectivity index (χ0n) is 77.9. The van der Waals surface area contributed by atoms with Crippen LogP contribution in [0.5, 0.6) is 5.88 Å². The number of halogens is 4. The summed E-state index contributed by atoms with van der Waals surface area (Å²) >= 11 is 13.5. The number of nitrogens with zero attached hydrogens (tertiary/aromatic N) is 18. The van der Waals surface area contributed by atoms with E-state index in [1.165, 1.54) is 112 Å². The Hall–Kier alpha value is -16.1. The first-order valence-electron chi connectivity index (χ1n) is 43.7. The van der Waals surface area contributed by atoms with Crippen molar-refractivity contribution < 1.29 is 73.8 Å². The number of carbonyl (C=O) groups is 4. The van der Waals surface area contributed by atoms with E-state index < -0.39 is 11.9 Å². The molecule has 37 nitrogen and oxygen atoms in total. The van der Waals surface area contributed by atoms with Crippen LogP contribution in [-0.4, -0.2) is 191 Å². The molecule has 0 aliphatic carbocycles. The molecule has 47 heteroatoms. The molecule has 0 bridgehead atoms. The number of methoxy groups -OCH3 is 1. The Morgan fingerprint density at radius 2 is 0.849 bits per heavy atom. The fourth-order valence-electron chi connectivity index (χ4n) is 13.7. The van der Waals surface area contributed by atoms with E-state index in [1.54, 1.807) is 88.1 Å². The van der Waals surface area contributed by atoms with Gasteiger partial charge in [-0.15, -0.1) is 42.4 Å². The lowest BCUT2D eigenvalue weighted by atomic mass is 10.1. The average Bonchev–Trinajstić information content (AvgIpc) is 1.61. The molecule has 0 atom stereocenters. The number of nitrogens with one attached hydrogen (secondary N) is 5. The van der Waals surface area contributed by atoms with Gasteiger partial charge in [0.1, 0.15) is 85.1 Å². The molecule has 18 heterocycles. The monoisotopic (exact) mass is 2100 g/mol. The zero-order valence-corrected chi connectivity index (χ0v) is 83.6. The van der Waals surface area contributed by atoms with Crippen LogP contribution in [0.25, 0.3) is 147 Å². The van der Waals surface area contributed by atoms with Gasteiger partial charge in [0.2, 0.25) is 31.7 Å². The molecule has 0 radical (unpaired) electrons. The van der Waals surface area contributed by atoms with E-state index in [1.807, 2.05) is 86.0 Å². The molecule has 9 N–H and O–H groups in total. The molecule has 146 heavy (non-hydrogen) atoms. The number of ketones is 4. The fraction of sp³-hybridized carbons (Fsp3) is 0.152. The second-order valence-corrected chi connectivity index (χ2v) is 37.6. The van der Waals surface area contributed by atoms with Crippen LogP contribution in [0.1, 0.15) is 51.3 Å². The Bertz CT molecular complexity index is 8010.